The molecule has 4 atom stereocenters. The van der Waals surface area contributed by atoms with Gasteiger partial charge in [-0.3, -0.25) is 0 Å². The van der Waals surface area contributed by atoms with Crippen LogP contribution in [0.2, 0.25) is 0 Å². The maximum atomic E-state index is 5.77. The van der Waals surface area contributed by atoms with Gasteiger partial charge in [-0.2, -0.15) is 0 Å². The van der Waals surface area contributed by atoms with Gasteiger partial charge in [-0.15, -0.1) is 0 Å². The van der Waals surface area contributed by atoms with E-state index in [-0.39, 0.29) is 0 Å². The molecule has 2 aliphatic heterocycles. The van der Waals surface area contributed by atoms with Gasteiger partial charge in [-0.25, -0.2) is 0 Å². The molecule has 0 spiro atoms. The van der Waals surface area contributed by atoms with Crippen molar-refractivity contribution in [1.82, 2.24) is 0 Å². The Morgan fingerprint density at radius 3 is 1.42 bits per heavy atom. The van der Waals surface area contributed by atoms with Crippen LogP contribution in [0.15, 0.2) is 0 Å². The van der Waals surface area contributed by atoms with Gasteiger partial charge in [0.1, 0.15) is 0 Å². The summed E-state index contributed by atoms with van der Waals surface area (Å²) in [5.74, 6) is 0. The quantitative estimate of drug-likeness (QED) is 0.600. The van der Waals surface area contributed by atoms with Gasteiger partial charge in [-0.05, 0) is 39.5 Å². The predicted octanol–water partition coefficient (Wildman–Crippen LogP) is 2.12. The zero-order valence-corrected chi connectivity index (χ0v) is 7.95. The largest absolute Gasteiger partial charge is 0.373 e. The Hall–Kier alpha value is -0.0800. The fraction of sp³-hybridized carbons (Fsp3) is 1.00. The highest BCUT2D eigenvalue weighted by Gasteiger charge is 2.34. The summed E-state index contributed by atoms with van der Waals surface area (Å²) in [6.45, 7) is 4.30. The van der Waals surface area contributed by atoms with Crippen molar-refractivity contribution in [3.05, 3.63) is 0 Å². The van der Waals surface area contributed by atoms with Crippen LogP contribution >= 0.6 is 0 Å². The Kier molecular flexibility index (Phi) is 2.37. The van der Waals surface area contributed by atoms with Crippen molar-refractivity contribution in [3.63, 3.8) is 0 Å². The Bertz CT molecular complexity index is 140. The third-order valence-electron chi connectivity index (χ3n) is 2.94. The molecule has 0 bridgehead atoms. The van der Waals surface area contributed by atoms with E-state index in [2.05, 4.69) is 13.8 Å². The second kappa shape index (κ2) is 3.35. The van der Waals surface area contributed by atoms with Crippen LogP contribution in [-0.4, -0.2) is 24.4 Å². The molecule has 0 aromatic carbocycles. The molecule has 2 rings (SSSR count). The van der Waals surface area contributed by atoms with Crippen molar-refractivity contribution in [1.29, 1.82) is 0 Å². The molecule has 0 aromatic heterocycles. The van der Waals surface area contributed by atoms with Crippen LogP contribution in [0.1, 0.15) is 39.5 Å². The van der Waals surface area contributed by atoms with E-state index in [1.54, 1.807) is 0 Å². The smallest absolute Gasteiger partial charge is 0.0841 e. The van der Waals surface area contributed by atoms with Crippen LogP contribution in [0.25, 0.3) is 0 Å². The van der Waals surface area contributed by atoms with E-state index in [1.807, 2.05) is 0 Å². The van der Waals surface area contributed by atoms with E-state index < -0.39 is 0 Å². The van der Waals surface area contributed by atoms with Crippen LogP contribution in [0.4, 0.5) is 0 Å². The van der Waals surface area contributed by atoms with Gasteiger partial charge in [-0.1, -0.05) is 0 Å². The lowest BCUT2D eigenvalue weighted by Crippen LogP contribution is -2.26. The summed E-state index contributed by atoms with van der Waals surface area (Å²) in [4.78, 5) is 0. The van der Waals surface area contributed by atoms with Crippen molar-refractivity contribution < 1.29 is 9.47 Å². The SMILES string of the molecule is CC1CCC(C2CCC(C)O2)O1. The molecule has 0 N–H and O–H groups in total. The van der Waals surface area contributed by atoms with Gasteiger partial charge >= 0.3 is 0 Å². The molecule has 2 aliphatic rings. The lowest BCUT2D eigenvalue weighted by Gasteiger charge is -2.18. The van der Waals surface area contributed by atoms with Crippen LogP contribution in [-0.2, 0) is 9.47 Å². The Labute approximate surface area is 74.2 Å². The second-order valence-electron chi connectivity index (χ2n) is 4.13. The first-order chi connectivity index (χ1) is 5.75. The van der Waals surface area contributed by atoms with Gasteiger partial charge in [0.15, 0.2) is 0 Å². The normalized spacial score (nSPS) is 48.5. The molecule has 2 nitrogen and oxygen atoms in total. The zero-order chi connectivity index (χ0) is 8.55. The average Bonchev–Trinajstić information content (AvgIpc) is 2.58. The highest BCUT2D eigenvalue weighted by atomic mass is 16.6. The molecular weight excluding hydrogens is 152 g/mol. The molecule has 0 saturated carbocycles. The molecule has 70 valence electrons. The monoisotopic (exact) mass is 170 g/mol. The first-order valence-corrected chi connectivity index (χ1v) is 5.06. The first-order valence-electron chi connectivity index (χ1n) is 5.06. The van der Waals surface area contributed by atoms with Gasteiger partial charge < -0.3 is 9.47 Å². The van der Waals surface area contributed by atoms with Crippen molar-refractivity contribution in [2.24, 2.45) is 0 Å². The molecular formula is C10H18O2. The molecule has 12 heavy (non-hydrogen) atoms. The molecule has 2 saturated heterocycles. The van der Waals surface area contributed by atoms with E-state index >= 15 is 0 Å². The molecule has 0 amide bonds. The summed E-state index contributed by atoms with van der Waals surface area (Å²) in [7, 11) is 0. The molecule has 2 heteroatoms. The third-order valence-corrected chi connectivity index (χ3v) is 2.94. The molecule has 4 unspecified atom stereocenters. The van der Waals surface area contributed by atoms with Crippen molar-refractivity contribution in [2.75, 3.05) is 0 Å². The fourth-order valence-electron chi connectivity index (χ4n) is 2.21. The topological polar surface area (TPSA) is 18.5 Å². The second-order valence-corrected chi connectivity index (χ2v) is 4.13. The van der Waals surface area contributed by atoms with Crippen molar-refractivity contribution in [3.8, 4) is 0 Å². The van der Waals surface area contributed by atoms with E-state index in [0.29, 0.717) is 24.4 Å². The van der Waals surface area contributed by atoms with Crippen LogP contribution in [0, 0.1) is 0 Å². The number of hydrogen-bond acceptors (Lipinski definition) is 2. The lowest BCUT2D eigenvalue weighted by atomic mass is 10.1. The zero-order valence-electron chi connectivity index (χ0n) is 7.95. The molecule has 0 radical (unpaired) electrons. The summed E-state index contributed by atoms with van der Waals surface area (Å²) in [5, 5.41) is 0. The fourth-order valence-corrected chi connectivity index (χ4v) is 2.21. The highest BCUT2D eigenvalue weighted by molar-refractivity contribution is 4.83. The minimum atomic E-state index is 0.393. The maximum absolute atomic E-state index is 5.77. The van der Waals surface area contributed by atoms with Crippen LogP contribution in [0.5, 0.6) is 0 Å². The van der Waals surface area contributed by atoms with Crippen LogP contribution < -0.4 is 0 Å². The summed E-state index contributed by atoms with van der Waals surface area (Å²) in [6.07, 6.45) is 6.49. The summed E-state index contributed by atoms with van der Waals surface area (Å²) in [6, 6.07) is 0. The summed E-state index contributed by atoms with van der Waals surface area (Å²) in [5.41, 5.74) is 0. The van der Waals surface area contributed by atoms with E-state index in [4.69, 9.17) is 9.47 Å². The number of rotatable bonds is 1. The Morgan fingerprint density at radius 1 is 0.750 bits per heavy atom. The van der Waals surface area contributed by atoms with Crippen molar-refractivity contribution in [2.45, 2.75) is 63.9 Å². The number of hydrogen-bond donors (Lipinski definition) is 0. The lowest BCUT2D eigenvalue weighted by molar-refractivity contribution is -0.0574. The van der Waals surface area contributed by atoms with E-state index in [9.17, 15) is 0 Å². The van der Waals surface area contributed by atoms with Gasteiger partial charge in [0.05, 0.1) is 24.4 Å². The highest BCUT2D eigenvalue weighted by Crippen LogP contribution is 2.30. The van der Waals surface area contributed by atoms with Gasteiger partial charge in [0, 0.05) is 0 Å². The standard InChI is InChI=1S/C10H18O2/c1-7-3-5-9(11-7)10-6-4-8(2)12-10/h7-10H,3-6H2,1-2H3. The summed E-state index contributed by atoms with van der Waals surface area (Å²) >= 11 is 0. The predicted molar refractivity (Wildman–Crippen MR) is 47.1 cm³/mol. The molecule has 2 fully saturated rings. The number of ether oxygens (including phenoxy) is 2. The molecule has 0 aliphatic carbocycles. The van der Waals surface area contributed by atoms with E-state index in [0.717, 1.165) is 0 Å². The van der Waals surface area contributed by atoms with Gasteiger partial charge in [0.25, 0.3) is 0 Å². The Balaban J connectivity index is 1.85. The maximum Gasteiger partial charge on any atom is 0.0841 e. The first kappa shape index (κ1) is 8.52. The van der Waals surface area contributed by atoms with Crippen LogP contribution in [0.3, 0.4) is 0 Å². The van der Waals surface area contributed by atoms with E-state index in [1.165, 1.54) is 25.7 Å². The Morgan fingerprint density at radius 2 is 1.17 bits per heavy atom. The minimum absolute atomic E-state index is 0.393. The minimum Gasteiger partial charge on any atom is -0.373 e. The summed E-state index contributed by atoms with van der Waals surface area (Å²) < 4.78 is 11.5. The van der Waals surface area contributed by atoms with Crippen molar-refractivity contribution >= 4 is 0 Å². The van der Waals surface area contributed by atoms with Gasteiger partial charge in [0.2, 0.25) is 0 Å². The molecule has 0 aromatic rings. The average molecular weight is 170 g/mol. The molecule has 2 heterocycles. The third kappa shape index (κ3) is 1.64.